The molecule has 0 fully saturated rings. The van der Waals surface area contributed by atoms with Crippen molar-refractivity contribution < 1.29 is 19.1 Å². The summed E-state index contributed by atoms with van der Waals surface area (Å²) in [6.07, 6.45) is 23.2. The average molecular weight is 743 g/mol. The molecule has 0 saturated carbocycles. The highest BCUT2D eigenvalue weighted by atomic mass is 32.1. The van der Waals surface area contributed by atoms with E-state index in [1.165, 1.54) is 81.1 Å². The van der Waals surface area contributed by atoms with Gasteiger partial charge in [0.2, 0.25) is 0 Å². The van der Waals surface area contributed by atoms with Crippen molar-refractivity contribution in [2.45, 2.75) is 155 Å². The number of carbonyl (C=O) groups excluding carboxylic acids is 3. The summed E-state index contributed by atoms with van der Waals surface area (Å²) >= 11 is 1.83. The third-order valence-electron chi connectivity index (χ3n) is 10.7. The quantitative estimate of drug-likeness (QED) is 0.0364. The number of unbranched alkanes of at least 4 members (excludes halogenated alkanes) is 12. The minimum absolute atomic E-state index is 0.140. The van der Waals surface area contributed by atoms with Crippen molar-refractivity contribution in [3.05, 3.63) is 87.1 Å². The Morgan fingerprint density at radius 1 is 0.736 bits per heavy atom. The van der Waals surface area contributed by atoms with E-state index in [1.807, 2.05) is 23.5 Å². The van der Waals surface area contributed by atoms with Gasteiger partial charge >= 0.3 is 5.97 Å². The number of hydrogen-bond donors (Lipinski definition) is 1. The molecule has 1 aliphatic carbocycles. The second-order valence-corrected chi connectivity index (χ2v) is 16.0. The van der Waals surface area contributed by atoms with Gasteiger partial charge in [0.15, 0.2) is 5.78 Å². The number of fused-ring (bicyclic) bond motifs is 1. The number of nitrogens with one attached hydrogen (secondary N) is 1. The van der Waals surface area contributed by atoms with Crippen molar-refractivity contribution in [3.8, 4) is 5.75 Å². The lowest BCUT2D eigenvalue weighted by Gasteiger charge is -2.35. The van der Waals surface area contributed by atoms with Crippen LogP contribution in [0.15, 0.2) is 60.0 Å². The number of thiophene rings is 1. The first-order valence-corrected chi connectivity index (χ1v) is 21.9. The molecule has 3 aromatic rings. The predicted octanol–water partition coefficient (Wildman–Crippen LogP) is 11.3. The molecule has 53 heavy (non-hydrogen) atoms. The van der Waals surface area contributed by atoms with Crippen LogP contribution in [0.2, 0.25) is 0 Å². The number of Topliss-reactive ketones (excluding diaryl/α,β-unsaturated/α-hetero) is 1. The Morgan fingerprint density at radius 2 is 1.42 bits per heavy atom. The minimum Gasteiger partial charge on any atom is -0.426 e. The van der Waals surface area contributed by atoms with Crippen molar-refractivity contribution in [2.75, 3.05) is 19.6 Å². The molecule has 0 spiro atoms. The van der Waals surface area contributed by atoms with E-state index in [-0.39, 0.29) is 24.1 Å². The van der Waals surface area contributed by atoms with Gasteiger partial charge in [0.05, 0.1) is 0 Å². The van der Waals surface area contributed by atoms with Crippen LogP contribution in [0.1, 0.15) is 166 Å². The number of carbonyl (C=O) groups is 3. The van der Waals surface area contributed by atoms with Gasteiger partial charge in [0, 0.05) is 48.0 Å². The zero-order valence-electron chi connectivity index (χ0n) is 32.8. The zero-order chi connectivity index (χ0) is 37.5. The molecule has 0 bridgehead atoms. The molecule has 7 heteroatoms. The van der Waals surface area contributed by atoms with E-state index in [9.17, 15) is 14.4 Å². The maximum absolute atomic E-state index is 12.8. The Bertz CT molecular complexity index is 1490. The molecule has 0 aliphatic heterocycles. The Hall–Kier alpha value is -3.29. The van der Waals surface area contributed by atoms with Crippen molar-refractivity contribution in [1.29, 1.82) is 0 Å². The van der Waals surface area contributed by atoms with Gasteiger partial charge in [-0.1, -0.05) is 121 Å². The van der Waals surface area contributed by atoms with Crippen molar-refractivity contribution in [1.82, 2.24) is 10.2 Å². The summed E-state index contributed by atoms with van der Waals surface area (Å²) in [4.78, 5) is 42.3. The zero-order valence-corrected chi connectivity index (χ0v) is 33.6. The third kappa shape index (κ3) is 15.5. The van der Waals surface area contributed by atoms with Crippen LogP contribution in [0.5, 0.6) is 5.75 Å². The molecule has 0 saturated heterocycles. The van der Waals surface area contributed by atoms with Gasteiger partial charge in [-0.2, -0.15) is 0 Å². The topological polar surface area (TPSA) is 75.7 Å². The fourth-order valence-corrected chi connectivity index (χ4v) is 8.30. The van der Waals surface area contributed by atoms with Gasteiger partial charge in [-0.3, -0.25) is 19.3 Å². The minimum atomic E-state index is -0.273. The first kappa shape index (κ1) is 42.5. The highest BCUT2D eigenvalue weighted by Gasteiger charge is 2.26. The lowest BCUT2D eigenvalue weighted by molar-refractivity contribution is -0.134. The van der Waals surface area contributed by atoms with Crippen molar-refractivity contribution in [3.63, 3.8) is 0 Å². The SMILES string of the molecule is CCCCCCCCCCCCCCCC(=O)c1ccc(C(=O)NCCCC(=O)Oc2cccc3c2CC[C@H](N(CCC)CCc2cccs2)C3)cc1. The van der Waals surface area contributed by atoms with Crippen LogP contribution in [-0.4, -0.2) is 48.2 Å². The fraction of sp³-hybridized carbons (Fsp3) is 0.587. The monoisotopic (exact) mass is 742 g/mol. The number of hydrogen-bond acceptors (Lipinski definition) is 6. The fourth-order valence-electron chi connectivity index (χ4n) is 7.60. The molecule has 6 nitrogen and oxygen atoms in total. The van der Waals surface area contributed by atoms with Crippen molar-refractivity contribution >= 4 is 29.0 Å². The first-order valence-electron chi connectivity index (χ1n) is 21.0. The summed E-state index contributed by atoms with van der Waals surface area (Å²) in [7, 11) is 0. The van der Waals surface area contributed by atoms with Gasteiger partial charge < -0.3 is 10.1 Å². The number of amides is 1. The smallest absolute Gasteiger partial charge is 0.311 e. The summed E-state index contributed by atoms with van der Waals surface area (Å²) in [6.45, 7) is 7.06. The van der Waals surface area contributed by atoms with E-state index >= 15 is 0 Å². The molecular weight excluding hydrogens is 677 g/mol. The van der Waals surface area contributed by atoms with Crippen LogP contribution in [0.3, 0.4) is 0 Å². The molecule has 1 N–H and O–H groups in total. The normalized spacial score (nSPS) is 13.9. The lowest BCUT2D eigenvalue weighted by Crippen LogP contribution is -2.41. The van der Waals surface area contributed by atoms with Crippen LogP contribution < -0.4 is 10.1 Å². The van der Waals surface area contributed by atoms with E-state index in [0.29, 0.717) is 42.3 Å². The molecule has 2 aromatic carbocycles. The molecule has 1 atom stereocenters. The highest BCUT2D eigenvalue weighted by molar-refractivity contribution is 7.09. The molecule has 0 radical (unpaired) electrons. The summed E-state index contributed by atoms with van der Waals surface area (Å²) in [6, 6.07) is 17.9. The third-order valence-corrected chi connectivity index (χ3v) is 11.6. The number of nitrogens with zero attached hydrogens (tertiary/aromatic N) is 1. The van der Waals surface area contributed by atoms with Gasteiger partial charge in [-0.05, 0) is 92.3 Å². The van der Waals surface area contributed by atoms with Crippen molar-refractivity contribution in [2.24, 2.45) is 0 Å². The maximum atomic E-state index is 12.8. The highest BCUT2D eigenvalue weighted by Crippen LogP contribution is 2.32. The van der Waals surface area contributed by atoms with E-state index < -0.39 is 0 Å². The lowest BCUT2D eigenvalue weighted by atomic mass is 9.86. The first-order chi connectivity index (χ1) is 26.0. The number of rotatable bonds is 27. The Kier molecular flexibility index (Phi) is 20.0. The van der Waals surface area contributed by atoms with Crippen LogP contribution in [0.4, 0.5) is 0 Å². The van der Waals surface area contributed by atoms with E-state index in [1.54, 1.807) is 24.3 Å². The second-order valence-electron chi connectivity index (χ2n) is 15.0. The second kappa shape index (κ2) is 24.9. The number of esters is 1. The van der Waals surface area contributed by atoms with Gasteiger partial charge in [0.1, 0.15) is 5.75 Å². The molecule has 1 amide bonds. The Labute approximate surface area is 324 Å². The van der Waals surface area contributed by atoms with Crippen LogP contribution >= 0.6 is 11.3 Å². The predicted molar refractivity (Wildman–Crippen MR) is 220 cm³/mol. The van der Waals surface area contributed by atoms with Gasteiger partial charge in [0.25, 0.3) is 5.91 Å². The van der Waals surface area contributed by atoms with Crippen LogP contribution in [0, 0.1) is 0 Å². The maximum Gasteiger partial charge on any atom is 0.311 e. The number of benzene rings is 2. The molecule has 1 aromatic heterocycles. The summed E-state index contributed by atoms with van der Waals surface area (Å²) in [5.41, 5.74) is 3.62. The molecule has 1 aliphatic rings. The van der Waals surface area contributed by atoms with E-state index in [4.69, 9.17) is 4.74 Å². The van der Waals surface area contributed by atoms with Gasteiger partial charge in [-0.25, -0.2) is 0 Å². The molecule has 0 unspecified atom stereocenters. The summed E-state index contributed by atoms with van der Waals surface area (Å²) < 4.78 is 5.86. The van der Waals surface area contributed by atoms with Gasteiger partial charge in [-0.15, -0.1) is 11.3 Å². The summed E-state index contributed by atoms with van der Waals surface area (Å²) in [5, 5.41) is 5.06. The number of ketones is 1. The average Bonchev–Trinajstić information content (AvgIpc) is 3.70. The Balaban J connectivity index is 1.08. The summed E-state index contributed by atoms with van der Waals surface area (Å²) in [5.74, 6) is 0.346. The molecule has 1 heterocycles. The van der Waals surface area contributed by atoms with E-state index in [2.05, 4.69) is 47.6 Å². The van der Waals surface area contributed by atoms with E-state index in [0.717, 1.165) is 63.6 Å². The molecule has 4 rings (SSSR count). The largest absolute Gasteiger partial charge is 0.426 e. The molecular formula is C46H66N2O4S. The number of ether oxygens (including phenoxy) is 1. The Morgan fingerprint density at radius 3 is 2.08 bits per heavy atom. The van der Waals surface area contributed by atoms with Crippen LogP contribution in [-0.2, 0) is 24.1 Å². The van der Waals surface area contributed by atoms with Crippen LogP contribution in [0.25, 0.3) is 0 Å². The standard InChI is InChI=1S/C46H66N2O4S/c1-3-5-6-7-8-9-10-11-12-13-14-15-16-22-43(49)37-25-27-38(28-26-37)46(51)47-32-18-24-45(50)52-44-23-17-20-39-36-40(29-30-42(39)44)48(33-4-2)34-31-41-21-19-35-53-41/h17,19-21,23,25-28,35,40H,3-16,18,22,24,29-34,36H2,1-2H3,(H,47,51)/t40-/m0/s1. The molecule has 290 valence electrons.